The molecule has 0 amide bonds. The number of nitrogens with zero attached hydrogens (tertiary/aromatic N) is 1. The summed E-state index contributed by atoms with van der Waals surface area (Å²) in [5.41, 5.74) is 0.436. The molecular weight excluding hydrogens is 258 g/mol. The van der Waals surface area contributed by atoms with E-state index in [1.54, 1.807) is 11.0 Å². The van der Waals surface area contributed by atoms with E-state index < -0.39 is 17.9 Å². The van der Waals surface area contributed by atoms with Crippen LogP contribution in [-0.2, 0) is 12.6 Å². The fourth-order valence-corrected chi connectivity index (χ4v) is 2.39. The number of hydrogen-bond donors (Lipinski definition) is 0. The number of rotatable bonds is 2. The van der Waals surface area contributed by atoms with Crippen LogP contribution in [0.2, 0.25) is 0 Å². The summed E-state index contributed by atoms with van der Waals surface area (Å²) in [7, 11) is 0. The first kappa shape index (κ1) is 14.2. The molecule has 5 heteroatoms. The van der Waals surface area contributed by atoms with Gasteiger partial charge >= 0.3 is 6.18 Å². The zero-order chi connectivity index (χ0) is 14.0. The van der Waals surface area contributed by atoms with Gasteiger partial charge in [-0.05, 0) is 37.0 Å². The summed E-state index contributed by atoms with van der Waals surface area (Å²) in [6.45, 7) is 2.59. The Morgan fingerprint density at radius 3 is 2.37 bits per heavy atom. The van der Waals surface area contributed by atoms with Crippen LogP contribution < -0.4 is 4.90 Å². The van der Waals surface area contributed by atoms with Crippen LogP contribution >= 0.6 is 0 Å². The van der Waals surface area contributed by atoms with Crippen molar-refractivity contribution in [2.24, 2.45) is 0 Å². The van der Waals surface area contributed by atoms with Crippen LogP contribution in [0.25, 0.3) is 0 Å². The van der Waals surface area contributed by atoms with E-state index in [1.165, 1.54) is 6.07 Å². The van der Waals surface area contributed by atoms with Crippen LogP contribution in [0.3, 0.4) is 0 Å². The summed E-state index contributed by atoms with van der Waals surface area (Å²) in [4.78, 5) is 1.65. The molecule has 0 aromatic heterocycles. The zero-order valence-electron chi connectivity index (χ0n) is 10.8. The Hall–Kier alpha value is -1.26. The molecule has 1 aromatic carbocycles. The van der Waals surface area contributed by atoms with Gasteiger partial charge in [0.2, 0.25) is 0 Å². The van der Waals surface area contributed by atoms with Gasteiger partial charge in [0, 0.05) is 18.8 Å². The molecule has 0 unspecified atom stereocenters. The third kappa shape index (κ3) is 3.19. The summed E-state index contributed by atoms with van der Waals surface area (Å²) >= 11 is 0. The molecule has 106 valence electrons. The van der Waals surface area contributed by atoms with Crippen LogP contribution in [0.5, 0.6) is 0 Å². The predicted molar refractivity (Wildman–Crippen MR) is 67.2 cm³/mol. The van der Waals surface area contributed by atoms with E-state index in [9.17, 15) is 17.6 Å². The maximum absolute atomic E-state index is 13.1. The summed E-state index contributed by atoms with van der Waals surface area (Å²) in [5, 5.41) is 0. The van der Waals surface area contributed by atoms with Crippen molar-refractivity contribution in [1.82, 2.24) is 0 Å². The highest BCUT2D eigenvalue weighted by Crippen LogP contribution is 2.38. The lowest BCUT2D eigenvalue weighted by Crippen LogP contribution is -2.35. The molecule has 0 N–H and O–H groups in total. The first-order valence-corrected chi connectivity index (χ1v) is 6.51. The molecule has 1 nitrogen and oxygen atoms in total. The number of benzene rings is 1. The van der Waals surface area contributed by atoms with Crippen LogP contribution in [0.1, 0.15) is 30.9 Å². The van der Waals surface area contributed by atoms with Crippen LogP contribution in [0, 0.1) is 0 Å². The summed E-state index contributed by atoms with van der Waals surface area (Å²) in [5.74, 6) is 0. The van der Waals surface area contributed by atoms with E-state index in [0.717, 1.165) is 11.6 Å². The monoisotopic (exact) mass is 275 g/mol. The van der Waals surface area contributed by atoms with Crippen molar-refractivity contribution in [2.75, 3.05) is 18.0 Å². The number of piperidine rings is 1. The number of alkyl halides is 4. The topological polar surface area (TPSA) is 3.24 Å². The fourth-order valence-electron chi connectivity index (χ4n) is 2.39. The largest absolute Gasteiger partial charge is 0.418 e. The van der Waals surface area contributed by atoms with Crippen LogP contribution in [0.4, 0.5) is 23.2 Å². The molecule has 2 rings (SSSR count). The number of halogens is 4. The van der Waals surface area contributed by atoms with E-state index >= 15 is 0 Å². The predicted octanol–water partition coefficient (Wildman–Crippen LogP) is 4.21. The number of hydrogen-bond acceptors (Lipinski definition) is 1. The van der Waals surface area contributed by atoms with Crippen molar-refractivity contribution < 1.29 is 17.6 Å². The van der Waals surface area contributed by atoms with Crippen molar-refractivity contribution in [1.29, 1.82) is 0 Å². The fraction of sp³-hybridized carbons (Fsp3) is 0.571. The van der Waals surface area contributed by atoms with Gasteiger partial charge in [-0.25, -0.2) is 4.39 Å². The van der Waals surface area contributed by atoms with E-state index in [2.05, 4.69) is 0 Å². The molecule has 0 saturated carbocycles. The van der Waals surface area contributed by atoms with Gasteiger partial charge in [-0.1, -0.05) is 13.0 Å². The van der Waals surface area contributed by atoms with Gasteiger partial charge in [0.05, 0.1) is 5.56 Å². The minimum absolute atomic E-state index is 0.193. The quantitative estimate of drug-likeness (QED) is 0.731. The third-order valence-electron chi connectivity index (χ3n) is 3.54. The minimum atomic E-state index is -4.37. The molecule has 0 bridgehead atoms. The lowest BCUT2D eigenvalue weighted by molar-refractivity contribution is -0.137. The Morgan fingerprint density at radius 1 is 1.21 bits per heavy atom. The van der Waals surface area contributed by atoms with Gasteiger partial charge in [-0.2, -0.15) is 13.2 Å². The second-order valence-corrected chi connectivity index (χ2v) is 4.86. The number of aryl methyl sites for hydroxylation is 1. The highest BCUT2D eigenvalue weighted by atomic mass is 19.4. The molecule has 19 heavy (non-hydrogen) atoms. The van der Waals surface area contributed by atoms with Crippen molar-refractivity contribution in [3.63, 3.8) is 0 Å². The second kappa shape index (κ2) is 5.39. The Kier molecular flexibility index (Phi) is 4.02. The molecule has 0 atom stereocenters. The van der Waals surface area contributed by atoms with Crippen molar-refractivity contribution >= 4 is 5.69 Å². The molecule has 1 heterocycles. The van der Waals surface area contributed by atoms with Gasteiger partial charge in [-0.3, -0.25) is 0 Å². The molecular formula is C14H17F4N. The molecule has 1 aliphatic rings. The smallest absolute Gasteiger partial charge is 0.371 e. The lowest BCUT2D eigenvalue weighted by Gasteiger charge is -2.32. The Morgan fingerprint density at radius 2 is 1.84 bits per heavy atom. The standard InChI is InChI=1S/C14H17F4N/c1-2-10-3-4-12(14(16,17)18)13(9-10)19-7-5-11(15)6-8-19/h3-4,9,11H,2,5-8H2,1H3. The Bertz CT molecular complexity index is 434. The van der Waals surface area contributed by atoms with Crippen LogP contribution in [0.15, 0.2) is 18.2 Å². The molecule has 0 radical (unpaired) electrons. The maximum atomic E-state index is 13.1. The SMILES string of the molecule is CCc1ccc(C(F)(F)F)c(N2CCC(F)CC2)c1. The first-order chi connectivity index (χ1) is 8.91. The van der Waals surface area contributed by atoms with Gasteiger partial charge in [0.25, 0.3) is 0 Å². The second-order valence-electron chi connectivity index (χ2n) is 4.86. The third-order valence-corrected chi connectivity index (χ3v) is 3.54. The lowest BCUT2D eigenvalue weighted by atomic mass is 10.0. The molecule has 0 aliphatic carbocycles. The molecule has 1 fully saturated rings. The Labute approximate surface area is 110 Å². The minimum Gasteiger partial charge on any atom is -0.371 e. The Balaban J connectivity index is 2.35. The van der Waals surface area contributed by atoms with Crippen LogP contribution in [-0.4, -0.2) is 19.3 Å². The highest BCUT2D eigenvalue weighted by Gasteiger charge is 2.35. The van der Waals surface area contributed by atoms with Gasteiger partial charge in [0.15, 0.2) is 0 Å². The van der Waals surface area contributed by atoms with Gasteiger partial charge in [0.1, 0.15) is 6.17 Å². The highest BCUT2D eigenvalue weighted by molar-refractivity contribution is 5.57. The van der Waals surface area contributed by atoms with E-state index in [-0.39, 0.29) is 5.69 Å². The summed E-state index contributed by atoms with van der Waals surface area (Å²) in [6.07, 6.45) is -3.97. The van der Waals surface area contributed by atoms with E-state index in [0.29, 0.717) is 32.4 Å². The first-order valence-electron chi connectivity index (χ1n) is 6.51. The normalized spacial score (nSPS) is 17.8. The van der Waals surface area contributed by atoms with Crippen molar-refractivity contribution in [2.45, 2.75) is 38.5 Å². The van der Waals surface area contributed by atoms with E-state index in [1.807, 2.05) is 6.92 Å². The summed E-state index contributed by atoms with van der Waals surface area (Å²) < 4.78 is 52.1. The maximum Gasteiger partial charge on any atom is 0.418 e. The molecule has 0 spiro atoms. The molecule has 1 saturated heterocycles. The van der Waals surface area contributed by atoms with Crippen molar-refractivity contribution in [3.05, 3.63) is 29.3 Å². The van der Waals surface area contributed by atoms with Gasteiger partial charge < -0.3 is 4.90 Å². The summed E-state index contributed by atoms with van der Waals surface area (Å²) in [6, 6.07) is 4.23. The molecule has 1 aromatic rings. The van der Waals surface area contributed by atoms with Crippen molar-refractivity contribution in [3.8, 4) is 0 Å². The van der Waals surface area contributed by atoms with Gasteiger partial charge in [-0.15, -0.1) is 0 Å². The number of anilines is 1. The molecule has 1 aliphatic heterocycles. The zero-order valence-corrected chi connectivity index (χ0v) is 10.8. The average molecular weight is 275 g/mol. The van der Waals surface area contributed by atoms with E-state index in [4.69, 9.17) is 0 Å². The average Bonchev–Trinajstić information content (AvgIpc) is 2.38.